The van der Waals surface area contributed by atoms with Crippen LogP contribution >= 0.6 is 0 Å². The third kappa shape index (κ3) is 5.11. The van der Waals surface area contributed by atoms with Crippen LogP contribution in [0.25, 0.3) is 22.2 Å². The van der Waals surface area contributed by atoms with Gasteiger partial charge < -0.3 is 20.5 Å². The zero-order valence-electron chi connectivity index (χ0n) is 21.2. The molecule has 2 amide bonds. The van der Waals surface area contributed by atoms with Crippen molar-refractivity contribution in [3.8, 4) is 0 Å². The van der Waals surface area contributed by atoms with E-state index >= 15 is 0 Å². The van der Waals surface area contributed by atoms with Gasteiger partial charge in [-0.05, 0) is 69.7 Å². The Labute approximate surface area is 210 Å². The number of fused-ring (bicyclic) bond motifs is 1. The molecule has 0 aliphatic carbocycles. The van der Waals surface area contributed by atoms with E-state index < -0.39 is 0 Å². The number of hydrogen-bond donors (Lipinski definition) is 3. The fourth-order valence-corrected chi connectivity index (χ4v) is 4.58. The lowest BCUT2D eigenvalue weighted by Gasteiger charge is -2.30. The van der Waals surface area contributed by atoms with Gasteiger partial charge in [0.25, 0.3) is 0 Å². The molecule has 0 fully saturated rings. The van der Waals surface area contributed by atoms with Crippen LogP contribution in [0.4, 0.5) is 20.7 Å². The van der Waals surface area contributed by atoms with E-state index in [-0.39, 0.29) is 17.4 Å². The molecular weight excluding hydrogens is 457 g/mol. The van der Waals surface area contributed by atoms with E-state index in [1.54, 1.807) is 6.07 Å². The molecule has 1 aromatic carbocycles. The second-order valence-electron chi connectivity index (χ2n) is 10.5. The van der Waals surface area contributed by atoms with Crippen LogP contribution in [-0.2, 0) is 0 Å². The summed E-state index contributed by atoms with van der Waals surface area (Å²) >= 11 is 0. The topological polar surface area (TPSA) is 89.2 Å². The van der Waals surface area contributed by atoms with Crippen LogP contribution < -0.4 is 10.6 Å². The number of rotatable bonds is 4. The molecule has 4 heterocycles. The zero-order valence-corrected chi connectivity index (χ0v) is 21.2. The molecule has 9 heteroatoms. The smallest absolute Gasteiger partial charge is 0.318 e. The van der Waals surface area contributed by atoms with Gasteiger partial charge in [-0.3, -0.25) is 4.90 Å². The van der Waals surface area contributed by atoms with E-state index in [4.69, 9.17) is 0 Å². The molecular formula is C27H32FN7O. The number of nitrogens with zero attached hydrogens (tertiary/aromatic N) is 4. The van der Waals surface area contributed by atoms with Gasteiger partial charge in [-0.15, -0.1) is 0 Å². The summed E-state index contributed by atoms with van der Waals surface area (Å²) in [5.74, 6) is 0.425. The molecule has 5 rings (SSSR count). The second kappa shape index (κ2) is 9.39. The van der Waals surface area contributed by atoms with Gasteiger partial charge in [0, 0.05) is 48.7 Å². The van der Waals surface area contributed by atoms with Crippen molar-refractivity contribution in [3.05, 3.63) is 59.8 Å². The first kappa shape index (κ1) is 24.0. The molecule has 8 nitrogen and oxygen atoms in total. The van der Waals surface area contributed by atoms with Gasteiger partial charge in [0.2, 0.25) is 0 Å². The van der Waals surface area contributed by atoms with E-state index in [1.807, 2.05) is 44.9 Å². The van der Waals surface area contributed by atoms with Crippen molar-refractivity contribution in [1.29, 1.82) is 0 Å². The number of H-pyrrole nitrogens is 1. The number of anilines is 2. The van der Waals surface area contributed by atoms with Gasteiger partial charge in [-0.2, -0.15) is 0 Å². The van der Waals surface area contributed by atoms with E-state index in [0.717, 1.165) is 53.1 Å². The first-order valence-corrected chi connectivity index (χ1v) is 12.2. The first-order valence-electron chi connectivity index (χ1n) is 12.2. The highest BCUT2D eigenvalue weighted by atomic mass is 19.1. The van der Waals surface area contributed by atoms with Gasteiger partial charge in [0.05, 0.1) is 5.39 Å². The maximum atomic E-state index is 14.6. The van der Waals surface area contributed by atoms with Crippen molar-refractivity contribution >= 4 is 39.7 Å². The number of aromatic amines is 1. The molecule has 188 valence electrons. The molecule has 0 radical (unpaired) electrons. The average Bonchev–Trinajstić information content (AvgIpc) is 3.46. The monoisotopic (exact) mass is 489 g/mol. The molecule has 0 atom stereocenters. The lowest BCUT2D eigenvalue weighted by Crippen LogP contribution is -2.49. The zero-order chi connectivity index (χ0) is 25.4. The number of amides is 2. The minimum Gasteiger partial charge on any atom is -0.340 e. The van der Waals surface area contributed by atoms with Gasteiger partial charge in [-0.1, -0.05) is 12.2 Å². The highest BCUT2D eigenvalue weighted by Gasteiger charge is 2.23. The van der Waals surface area contributed by atoms with Crippen LogP contribution in [0.3, 0.4) is 0 Å². The average molecular weight is 490 g/mol. The Morgan fingerprint density at radius 3 is 2.61 bits per heavy atom. The Bertz CT molecular complexity index is 1370. The summed E-state index contributed by atoms with van der Waals surface area (Å²) in [4.78, 5) is 28.7. The van der Waals surface area contributed by atoms with E-state index in [0.29, 0.717) is 24.5 Å². The Balaban J connectivity index is 1.36. The largest absolute Gasteiger partial charge is 0.340 e. The summed E-state index contributed by atoms with van der Waals surface area (Å²) < 4.78 is 14.6. The van der Waals surface area contributed by atoms with Crippen LogP contribution in [-0.4, -0.2) is 69.5 Å². The summed E-state index contributed by atoms with van der Waals surface area (Å²) in [6.45, 7) is 8.67. The van der Waals surface area contributed by atoms with Crippen LogP contribution in [0.15, 0.2) is 42.7 Å². The quantitative estimate of drug-likeness (QED) is 0.491. The van der Waals surface area contributed by atoms with Gasteiger partial charge >= 0.3 is 6.03 Å². The van der Waals surface area contributed by atoms with Crippen molar-refractivity contribution < 1.29 is 9.18 Å². The maximum Gasteiger partial charge on any atom is 0.318 e. The second-order valence-corrected chi connectivity index (χ2v) is 10.5. The van der Waals surface area contributed by atoms with Crippen LogP contribution in [0.5, 0.6) is 0 Å². The summed E-state index contributed by atoms with van der Waals surface area (Å²) in [7, 11) is 2.02. The van der Waals surface area contributed by atoms with Crippen LogP contribution in [0, 0.1) is 5.82 Å². The SMILES string of the molecule is CN1CC=C(c2cc(Nc3ncnc4[nH]c(C5=CCN(C(=O)NC(C)(C)C)CC5)cc34)ccc2F)C1. The van der Waals surface area contributed by atoms with Crippen molar-refractivity contribution in [2.75, 3.05) is 38.5 Å². The number of aromatic nitrogens is 3. The van der Waals surface area contributed by atoms with Crippen molar-refractivity contribution in [2.45, 2.75) is 32.7 Å². The summed E-state index contributed by atoms with van der Waals surface area (Å²) in [5.41, 5.74) is 4.92. The third-order valence-electron chi connectivity index (χ3n) is 6.41. The number of likely N-dealkylation sites (N-methyl/N-ethyl adjacent to an activating group) is 1. The first-order chi connectivity index (χ1) is 17.2. The number of hydrogen-bond acceptors (Lipinski definition) is 5. The number of benzene rings is 1. The van der Waals surface area contributed by atoms with Crippen molar-refractivity contribution in [3.63, 3.8) is 0 Å². The van der Waals surface area contributed by atoms with Gasteiger partial charge in [0.1, 0.15) is 23.6 Å². The molecule has 2 aromatic heterocycles. The van der Waals surface area contributed by atoms with Crippen molar-refractivity contribution in [2.24, 2.45) is 0 Å². The molecule has 0 unspecified atom stereocenters. The lowest BCUT2D eigenvalue weighted by molar-refractivity contribution is 0.193. The van der Waals surface area contributed by atoms with E-state index in [1.165, 1.54) is 12.4 Å². The highest BCUT2D eigenvalue weighted by molar-refractivity contribution is 5.92. The minimum absolute atomic E-state index is 0.0505. The third-order valence-corrected chi connectivity index (χ3v) is 6.41. The van der Waals surface area contributed by atoms with Crippen molar-refractivity contribution in [1.82, 2.24) is 30.1 Å². The number of carbonyl (C=O) groups is 1. The van der Waals surface area contributed by atoms with Gasteiger partial charge in [0.15, 0.2) is 0 Å². The Morgan fingerprint density at radius 2 is 1.92 bits per heavy atom. The standard InChI is InChI=1S/C27H32FN7O/c1-27(2,3)33-26(36)35-11-8-17(9-12-35)23-14-21-24(29-16-30-25(21)32-23)31-19-5-6-22(28)20(13-19)18-7-10-34(4)15-18/h5-8,13-14,16H,9-12,15H2,1-4H3,(H,33,36)(H2,29,30,31,32). The molecule has 3 aromatic rings. The summed E-state index contributed by atoms with van der Waals surface area (Å²) in [6.07, 6.45) is 6.40. The molecule has 0 saturated carbocycles. The number of halogens is 1. The maximum absolute atomic E-state index is 14.6. The summed E-state index contributed by atoms with van der Waals surface area (Å²) in [5, 5.41) is 7.22. The molecule has 2 aliphatic heterocycles. The highest BCUT2D eigenvalue weighted by Crippen LogP contribution is 2.31. The number of urea groups is 1. The van der Waals surface area contributed by atoms with Crippen LogP contribution in [0.2, 0.25) is 0 Å². The molecule has 0 bridgehead atoms. The number of carbonyl (C=O) groups excluding carboxylic acids is 1. The molecule has 2 aliphatic rings. The Hall–Kier alpha value is -3.72. The summed E-state index contributed by atoms with van der Waals surface area (Å²) in [6, 6.07) is 7.04. The van der Waals surface area contributed by atoms with Gasteiger partial charge in [-0.25, -0.2) is 19.2 Å². The predicted octanol–water partition coefficient (Wildman–Crippen LogP) is 4.77. The Kier molecular flexibility index (Phi) is 6.26. The lowest BCUT2D eigenvalue weighted by atomic mass is 10.0. The fraction of sp³-hybridized carbons (Fsp3) is 0.370. The van der Waals surface area contributed by atoms with Crippen LogP contribution in [0.1, 0.15) is 38.4 Å². The fourth-order valence-electron chi connectivity index (χ4n) is 4.58. The van der Waals surface area contributed by atoms with E-state index in [9.17, 15) is 9.18 Å². The Morgan fingerprint density at radius 1 is 1.11 bits per heavy atom. The normalized spacial score (nSPS) is 16.8. The van der Waals surface area contributed by atoms with E-state index in [2.05, 4.69) is 42.6 Å². The molecule has 36 heavy (non-hydrogen) atoms. The predicted molar refractivity (Wildman–Crippen MR) is 141 cm³/mol. The number of nitrogens with one attached hydrogen (secondary N) is 3. The molecule has 0 spiro atoms. The minimum atomic E-state index is -0.268. The molecule has 0 saturated heterocycles. The molecule has 3 N–H and O–H groups in total.